The van der Waals surface area contributed by atoms with Crippen LogP contribution in [0.3, 0.4) is 0 Å². The SMILES string of the molecule is CC(=O)OC(C(=O)N1[C@@H](Cc2ccccc2)COC1(C)C)c1ccn(-c2ccc(-c3ccccc3)cc2)c1. The molecule has 1 unspecified atom stereocenters. The predicted octanol–water partition coefficient (Wildman–Crippen LogP) is 5.95. The van der Waals surface area contributed by atoms with Gasteiger partial charge in [-0.2, -0.15) is 0 Å². The third kappa shape index (κ3) is 5.41. The van der Waals surface area contributed by atoms with Crippen LogP contribution in [0, 0.1) is 0 Å². The minimum Gasteiger partial charge on any atom is -0.447 e. The Morgan fingerprint density at radius 1 is 0.921 bits per heavy atom. The van der Waals surface area contributed by atoms with Crippen molar-refractivity contribution in [1.82, 2.24) is 9.47 Å². The molecule has 0 saturated carbocycles. The summed E-state index contributed by atoms with van der Waals surface area (Å²) in [7, 11) is 0. The van der Waals surface area contributed by atoms with E-state index in [0.29, 0.717) is 18.6 Å². The molecule has 0 bridgehead atoms. The third-order valence-corrected chi connectivity index (χ3v) is 6.93. The smallest absolute Gasteiger partial charge is 0.303 e. The van der Waals surface area contributed by atoms with Crippen LogP contribution in [0.15, 0.2) is 103 Å². The Bertz CT molecular complexity index is 1390. The minimum absolute atomic E-state index is 0.175. The van der Waals surface area contributed by atoms with Gasteiger partial charge >= 0.3 is 5.97 Å². The Morgan fingerprint density at radius 3 is 2.21 bits per heavy atom. The molecule has 5 rings (SSSR count). The van der Waals surface area contributed by atoms with Crippen LogP contribution in [0.5, 0.6) is 0 Å². The van der Waals surface area contributed by atoms with Gasteiger partial charge in [0.05, 0.1) is 12.6 Å². The van der Waals surface area contributed by atoms with Gasteiger partial charge in [-0.1, -0.05) is 72.8 Å². The number of ether oxygens (including phenoxy) is 2. The van der Waals surface area contributed by atoms with E-state index in [1.807, 2.05) is 97.5 Å². The van der Waals surface area contributed by atoms with Crippen molar-refractivity contribution in [2.45, 2.75) is 45.1 Å². The number of carbonyl (C=O) groups is 2. The first kappa shape index (κ1) is 25.5. The van der Waals surface area contributed by atoms with Gasteiger partial charge in [0, 0.05) is 30.6 Å². The molecule has 1 saturated heterocycles. The Hall–Kier alpha value is -4.16. The topological polar surface area (TPSA) is 60.8 Å². The Balaban J connectivity index is 1.41. The van der Waals surface area contributed by atoms with Crippen molar-refractivity contribution in [3.05, 3.63) is 115 Å². The molecule has 194 valence electrons. The summed E-state index contributed by atoms with van der Waals surface area (Å²) >= 11 is 0. The second-order valence-electron chi connectivity index (χ2n) is 10.1. The zero-order valence-electron chi connectivity index (χ0n) is 21.9. The van der Waals surface area contributed by atoms with Crippen molar-refractivity contribution in [3.8, 4) is 16.8 Å². The molecule has 1 aromatic heterocycles. The van der Waals surface area contributed by atoms with E-state index < -0.39 is 17.8 Å². The van der Waals surface area contributed by atoms with E-state index in [1.54, 1.807) is 4.90 Å². The average Bonchev–Trinajstić information content (AvgIpc) is 3.52. The van der Waals surface area contributed by atoms with Crippen LogP contribution in [-0.2, 0) is 25.5 Å². The average molecular weight is 509 g/mol. The maximum atomic E-state index is 14.0. The number of rotatable bonds is 7. The Morgan fingerprint density at radius 2 is 1.55 bits per heavy atom. The van der Waals surface area contributed by atoms with Crippen LogP contribution < -0.4 is 0 Å². The van der Waals surface area contributed by atoms with Crippen LogP contribution in [0.2, 0.25) is 0 Å². The van der Waals surface area contributed by atoms with Crippen molar-refractivity contribution < 1.29 is 19.1 Å². The van der Waals surface area contributed by atoms with Crippen LogP contribution in [0.4, 0.5) is 0 Å². The molecular weight excluding hydrogens is 476 g/mol. The summed E-state index contributed by atoms with van der Waals surface area (Å²) in [4.78, 5) is 27.8. The summed E-state index contributed by atoms with van der Waals surface area (Å²) in [6.07, 6.45) is 3.30. The summed E-state index contributed by atoms with van der Waals surface area (Å²) in [6, 6.07) is 30.1. The van der Waals surface area contributed by atoms with Crippen molar-refractivity contribution in [3.63, 3.8) is 0 Å². The molecule has 1 fully saturated rings. The molecule has 0 aliphatic carbocycles. The fraction of sp³-hybridized carbons (Fsp3) is 0.250. The number of esters is 1. The summed E-state index contributed by atoms with van der Waals surface area (Å²) in [6.45, 7) is 5.49. The van der Waals surface area contributed by atoms with E-state index in [0.717, 1.165) is 22.4 Å². The molecule has 1 aliphatic rings. The normalized spacial score (nSPS) is 17.2. The van der Waals surface area contributed by atoms with Gasteiger partial charge in [-0.15, -0.1) is 0 Å². The van der Waals surface area contributed by atoms with Gasteiger partial charge in [0.1, 0.15) is 5.72 Å². The first-order valence-corrected chi connectivity index (χ1v) is 12.8. The molecule has 1 amide bonds. The summed E-state index contributed by atoms with van der Waals surface area (Å²) in [5.74, 6) is -0.804. The summed E-state index contributed by atoms with van der Waals surface area (Å²) in [5, 5.41) is 0. The molecule has 0 radical (unpaired) electrons. The maximum absolute atomic E-state index is 14.0. The third-order valence-electron chi connectivity index (χ3n) is 6.93. The molecule has 6 heteroatoms. The van der Waals surface area contributed by atoms with Gasteiger partial charge in [-0.3, -0.25) is 9.59 Å². The number of carbonyl (C=O) groups excluding carboxylic acids is 2. The summed E-state index contributed by atoms with van der Waals surface area (Å²) < 4.78 is 13.6. The van der Waals surface area contributed by atoms with Gasteiger partial charge in [0.15, 0.2) is 0 Å². The molecule has 3 aromatic carbocycles. The molecule has 1 aliphatic heterocycles. The second-order valence-corrected chi connectivity index (χ2v) is 10.1. The number of aromatic nitrogens is 1. The lowest BCUT2D eigenvalue weighted by Gasteiger charge is -2.36. The van der Waals surface area contributed by atoms with Gasteiger partial charge in [-0.25, -0.2) is 0 Å². The lowest BCUT2D eigenvalue weighted by Crippen LogP contribution is -2.51. The molecule has 0 spiro atoms. The number of hydrogen-bond acceptors (Lipinski definition) is 4. The van der Waals surface area contributed by atoms with Crippen LogP contribution in [0.1, 0.15) is 38.0 Å². The monoisotopic (exact) mass is 508 g/mol. The second kappa shape index (κ2) is 10.7. The van der Waals surface area contributed by atoms with E-state index in [1.165, 1.54) is 6.92 Å². The van der Waals surface area contributed by atoms with Crippen LogP contribution >= 0.6 is 0 Å². The van der Waals surface area contributed by atoms with E-state index in [9.17, 15) is 9.59 Å². The molecular formula is C32H32N2O4. The fourth-order valence-electron chi connectivity index (χ4n) is 5.10. The molecule has 38 heavy (non-hydrogen) atoms. The van der Waals surface area contributed by atoms with Crippen molar-refractivity contribution in [1.29, 1.82) is 0 Å². The van der Waals surface area contributed by atoms with Crippen LogP contribution in [-0.4, -0.2) is 39.7 Å². The zero-order chi connectivity index (χ0) is 26.7. The first-order valence-electron chi connectivity index (χ1n) is 12.8. The van der Waals surface area contributed by atoms with Crippen molar-refractivity contribution in [2.24, 2.45) is 0 Å². The van der Waals surface area contributed by atoms with Crippen LogP contribution in [0.25, 0.3) is 16.8 Å². The molecule has 4 aromatic rings. The highest BCUT2D eigenvalue weighted by molar-refractivity contribution is 5.85. The first-order chi connectivity index (χ1) is 18.3. The Kier molecular flexibility index (Phi) is 7.16. The Labute approximate surface area is 223 Å². The number of nitrogens with zero attached hydrogens (tertiary/aromatic N) is 2. The van der Waals surface area contributed by atoms with E-state index >= 15 is 0 Å². The molecule has 2 atom stereocenters. The quantitative estimate of drug-likeness (QED) is 0.289. The zero-order valence-corrected chi connectivity index (χ0v) is 21.9. The fourth-order valence-corrected chi connectivity index (χ4v) is 5.10. The highest BCUT2D eigenvalue weighted by Crippen LogP contribution is 2.34. The minimum atomic E-state index is -1.07. The number of amides is 1. The number of benzene rings is 3. The van der Waals surface area contributed by atoms with Crippen molar-refractivity contribution in [2.75, 3.05) is 6.61 Å². The van der Waals surface area contributed by atoms with Gasteiger partial charge in [0.2, 0.25) is 6.10 Å². The molecule has 6 nitrogen and oxygen atoms in total. The highest BCUT2D eigenvalue weighted by atomic mass is 16.6. The van der Waals surface area contributed by atoms with E-state index in [2.05, 4.69) is 24.3 Å². The molecule has 0 N–H and O–H groups in total. The molecule has 2 heterocycles. The van der Waals surface area contributed by atoms with Gasteiger partial charge < -0.3 is 18.9 Å². The highest BCUT2D eigenvalue weighted by Gasteiger charge is 2.47. The summed E-state index contributed by atoms with van der Waals surface area (Å²) in [5.41, 5.74) is 4.11. The maximum Gasteiger partial charge on any atom is 0.303 e. The van der Waals surface area contributed by atoms with Crippen molar-refractivity contribution >= 4 is 11.9 Å². The standard InChI is InChI=1S/C32H32N2O4/c1-23(35)38-30(31(36)34-29(22-37-32(34,2)3)20-24-10-6-4-7-11-24)27-18-19-33(21-27)28-16-14-26(15-17-28)25-12-8-5-9-13-25/h4-19,21,29-30H,20,22H2,1-3H3/t29-,30?/m0/s1. The van der Waals surface area contributed by atoms with Gasteiger partial charge in [-0.05, 0) is 55.2 Å². The number of hydrogen-bond donors (Lipinski definition) is 0. The van der Waals surface area contributed by atoms with E-state index in [-0.39, 0.29) is 11.9 Å². The largest absolute Gasteiger partial charge is 0.447 e. The van der Waals surface area contributed by atoms with E-state index in [4.69, 9.17) is 9.47 Å². The lowest BCUT2D eigenvalue weighted by molar-refractivity contribution is -0.167. The predicted molar refractivity (Wildman–Crippen MR) is 147 cm³/mol. The lowest BCUT2D eigenvalue weighted by atomic mass is 10.0. The van der Waals surface area contributed by atoms with Gasteiger partial charge in [0.25, 0.3) is 5.91 Å².